The number of thiazole rings is 1. The number of carbonyl (C=O) groups excluding carboxylic acids is 1. The highest BCUT2D eigenvalue weighted by Crippen LogP contribution is 2.33. The van der Waals surface area contributed by atoms with Crippen LogP contribution < -0.4 is 14.9 Å². The number of carbonyl (C=O) groups is 1. The standard InChI is InChI=1S/C26H22FN3O3S2/c1-14-12-17(16(3)29(14)19-9-7-18(27)8-10-19)13-21-24(31)30-23(20-6-5-11-34-20)22(25(32)33-4)15(2)28-26(30)35-21/h5-13,23H,1-4H3. The van der Waals surface area contributed by atoms with Crippen LogP contribution in [0.1, 0.15) is 34.8 Å². The lowest BCUT2D eigenvalue weighted by Crippen LogP contribution is -2.39. The van der Waals surface area contributed by atoms with Crippen LogP contribution in [-0.2, 0) is 9.53 Å². The number of allylic oxidation sites excluding steroid dienone is 1. The molecule has 1 aliphatic rings. The van der Waals surface area contributed by atoms with Crippen molar-refractivity contribution in [3.63, 3.8) is 0 Å². The molecule has 4 aromatic rings. The summed E-state index contributed by atoms with van der Waals surface area (Å²) in [7, 11) is 1.33. The molecule has 1 atom stereocenters. The molecule has 1 aromatic carbocycles. The fourth-order valence-corrected chi connectivity index (χ4v) is 6.33. The van der Waals surface area contributed by atoms with Crippen LogP contribution in [0.25, 0.3) is 11.8 Å². The van der Waals surface area contributed by atoms with Gasteiger partial charge >= 0.3 is 5.97 Å². The van der Waals surface area contributed by atoms with E-state index in [4.69, 9.17) is 4.74 Å². The molecule has 1 aliphatic heterocycles. The second kappa shape index (κ2) is 8.90. The minimum Gasteiger partial charge on any atom is -0.466 e. The zero-order valence-electron chi connectivity index (χ0n) is 19.5. The fraction of sp³-hybridized carbons (Fsp3) is 0.192. The summed E-state index contributed by atoms with van der Waals surface area (Å²) in [6.07, 6.45) is 1.86. The summed E-state index contributed by atoms with van der Waals surface area (Å²) in [6.45, 7) is 5.70. The highest BCUT2D eigenvalue weighted by molar-refractivity contribution is 7.10. The number of halogens is 1. The minimum atomic E-state index is -0.590. The van der Waals surface area contributed by atoms with E-state index in [1.807, 2.05) is 48.1 Å². The molecule has 0 saturated heterocycles. The SMILES string of the molecule is COC(=O)C1=C(C)N=c2sc(=Cc3cc(C)n(-c4ccc(F)cc4)c3C)c(=O)n2C1c1cccs1. The van der Waals surface area contributed by atoms with Crippen molar-refractivity contribution in [2.24, 2.45) is 4.99 Å². The average Bonchev–Trinajstić information content (AvgIpc) is 3.53. The molecule has 0 spiro atoms. The van der Waals surface area contributed by atoms with Gasteiger partial charge in [-0.15, -0.1) is 11.3 Å². The molecule has 3 aromatic heterocycles. The number of aryl methyl sites for hydroxylation is 1. The second-order valence-corrected chi connectivity index (χ2v) is 10.2. The van der Waals surface area contributed by atoms with Gasteiger partial charge < -0.3 is 9.30 Å². The van der Waals surface area contributed by atoms with E-state index in [9.17, 15) is 14.0 Å². The highest BCUT2D eigenvalue weighted by Gasteiger charge is 2.33. The zero-order valence-corrected chi connectivity index (χ0v) is 21.2. The molecule has 35 heavy (non-hydrogen) atoms. The number of hydrogen-bond donors (Lipinski definition) is 0. The van der Waals surface area contributed by atoms with Crippen molar-refractivity contribution in [1.82, 2.24) is 9.13 Å². The highest BCUT2D eigenvalue weighted by atomic mass is 32.1. The van der Waals surface area contributed by atoms with E-state index in [1.54, 1.807) is 23.6 Å². The average molecular weight is 508 g/mol. The van der Waals surface area contributed by atoms with E-state index in [0.717, 1.165) is 27.5 Å². The zero-order chi connectivity index (χ0) is 24.9. The molecule has 6 nitrogen and oxygen atoms in total. The Hall–Kier alpha value is -3.56. The number of aromatic nitrogens is 2. The predicted octanol–water partition coefficient (Wildman–Crippen LogP) is 4.02. The fourth-order valence-electron chi connectivity index (χ4n) is 4.47. The lowest BCUT2D eigenvalue weighted by atomic mass is 10.0. The Bertz CT molecular complexity index is 1660. The molecular formula is C26H22FN3O3S2. The Labute approximate surface area is 208 Å². The number of esters is 1. The summed E-state index contributed by atoms with van der Waals surface area (Å²) in [5.74, 6) is -0.791. The summed E-state index contributed by atoms with van der Waals surface area (Å²) in [6, 6.07) is 11.5. The molecule has 178 valence electrons. The Balaban J connectivity index is 1.69. The lowest BCUT2D eigenvalue weighted by Gasteiger charge is -2.22. The summed E-state index contributed by atoms with van der Waals surface area (Å²) in [5, 5.41) is 1.92. The molecular weight excluding hydrogens is 485 g/mol. The molecule has 0 aliphatic carbocycles. The van der Waals surface area contributed by atoms with Gasteiger partial charge in [0.25, 0.3) is 5.56 Å². The summed E-state index contributed by atoms with van der Waals surface area (Å²) in [4.78, 5) is 32.3. The molecule has 9 heteroatoms. The largest absolute Gasteiger partial charge is 0.466 e. The summed E-state index contributed by atoms with van der Waals surface area (Å²) >= 11 is 2.77. The van der Waals surface area contributed by atoms with Crippen LogP contribution in [0.5, 0.6) is 0 Å². The van der Waals surface area contributed by atoms with Gasteiger partial charge in [-0.2, -0.15) is 0 Å². The van der Waals surface area contributed by atoms with Crippen molar-refractivity contribution < 1.29 is 13.9 Å². The van der Waals surface area contributed by atoms with Crippen LogP contribution in [0.2, 0.25) is 0 Å². The van der Waals surface area contributed by atoms with E-state index in [1.165, 1.54) is 41.9 Å². The number of thiophene rings is 1. The second-order valence-electron chi connectivity index (χ2n) is 8.23. The first-order valence-corrected chi connectivity index (χ1v) is 12.6. The molecule has 1 unspecified atom stereocenters. The van der Waals surface area contributed by atoms with E-state index >= 15 is 0 Å². The van der Waals surface area contributed by atoms with Gasteiger partial charge in [-0.1, -0.05) is 17.4 Å². The number of methoxy groups -OCH3 is 1. The normalized spacial score (nSPS) is 15.8. The molecule has 0 saturated carbocycles. The van der Waals surface area contributed by atoms with Crippen LogP contribution >= 0.6 is 22.7 Å². The molecule has 0 amide bonds. The molecule has 0 fully saturated rings. The maximum Gasteiger partial charge on any atom is 0.338 e. The third-order valence-corrected chi connectivity index (χ3v) is 7.99. The molecule has 5 rings (SSSR count). The topological polar surface area (TPSA) is 65.6 Å². The van der Waals surface area contributed by atoms with Crippen molar-refractivity contribution in [2.75, 3.05) is 7.11 Å². The molecule has 0 bridgehead atoms. The monoisotopic (exact) mass is 507 g/mol. The minimum absolute atomic E-state index is 0.215. The maximum absolute atomic E-state index is 13.7. The van der Waals surface area contributed by atoms with Crippen LogP contribution in [-0.4, -0.2) is 22.2 Å². The van der Waals surface area contributed by atoms with Gasteiger partial charge in [0.05, 0.1) is 22.9 Å². The third kappa shape index (κ3) is 3.90. The van der Waals surface area contributed by atoms with Crippen LogP contribution in [0.3, 0.4) is 0 Å². The van der Waals surface area contributed by atoms with Crippen molar-refractivity contribution in [3.8, 4) is 5.69 Å². The van der Waals surface area contributed by atoms with Gasteiger partial charge in [-0.3, -0.25) is 9.36 Å². The number of hydrogen-bond acceptors (Lipinski definition) is 6. The van der Waals surface area contributed by atoms with Gasteiger partial charge in [-0.25, -0.2) is 14.2 Å². The van der Waals surface area contributed by atoms with Crippen LogP contribution in [0.15, 0.2) is 68.9 Å². The Morgan fingerprint density at radius 3 is 2.57 bits per heavy atom. The number of benzene rings is 1. The number of fused-ring (bicyclic) bond motifs is 1. The first-order chi connectivity index (χ1) is 16.8. The summed E-state index contributed by atoms with van der Waals surface area (Å²) < 4.78 is 22.6. The predicted molar refractivity (Wildman–Crippen MR) is 135 cm³/mol. The van der Waals surface area contributed by atoms with E-state index < -0.39 is 12.0 Å². The lowest BCUT2D eigenvalue weighted by molar-refractivity contribution is -0.136. The van der Waals surface area contributed by atoms with Gasteiger partial charge in [0.1, 0.15) is 11.9 Å². The van der Waals surface area contributed by atoms with Crippen molar-refractivity contribution in [3.05, 3.63) is 106 Å². The van der Waals surface area contributed by atoms with Gasteiger partial charge in [0.2, 0.25) is 0 Å². The van der Waals surface area contributed by atoms with Crippen molar-refractivity contribution in [2.45, 2.75) is 26.8 Å². The Morgan fingerprint density at radius 2 is 1.91 bits per heavy atom. The van der Waals surface area contributed by atoms with Crippen molar-refractivity contribution in [1.29, 1.82) is 0 Å². The number of rotatable bonds is 4. The van der Waals surface area contributed by atoms with Crippen LogP contribution in [0.4, 0.5) is 4.39 Å². The number of ether oxygens (including phenoxy) is 1. The molecule has 0 radical (unpaired) electrons. The van der Waals surface area contributed by atoms with Crippen LogP contribution in [0, 0.1) is 19.7 Å². The van der Waals surface area contributed by atoms with Gasteiger partial charge in [0.15, 0.2) is 4.80 Å². The van der Waals surface area contributed by atoms with E-state index in [0.29, 0.717) is 20.6 Å². The first-order valence-electron chi connectivity index (χ1n) is 10.9. The Kier molecular flexibility index (Phi) is 5.90. The first kappa shape index (κ1) is 23.2. The van der Waals surface area contributed by atoms with E-state index in [2.05, 4.69) is 4.99 Å². The molecule has 4 heterocycles. The Morgan fingerprint density at radius 1 is 1.17 bits per heavy atom. The van der Waals surface area contributed by atoms with Gasteiger partial charge in [-0.05, 0) is 74.2 Å². The number of nitrogens with zero attached hydrogens (tertiary/aromatic N) is 3. The van der Waals surface area contributed by atoms with E-state index in [-0.39, 0.29) is 11.4 Å². The smallest absolute Gasteiger partial charge is 0.338 e. The third-order valence-electron chi connectivity index (χ3n) is 6.08. The quantitative estimate of drug-likeness (QED) is 0.392. The van der Waals surface area contributed by atoms with Crippen molar-refractivity contribution >= 4 is 34.7 Å². The maximum atomic E-state index is 13.7. The molecule has 0 N–H and O–H groups in total. The van der Waals surface area contributed by atoms with Gasteiger partial charge in [0, 0.05) is 22.0 Å². The summed E-state index contributed by atoms with van der Waals surface area (Å²) in [5.41, 5.74) is 4.32.